The molecule has 0 aliphatic carbocycles. The lowest BCUT2D eigenvalue weighted by molar-refractivity contribution is -0.119. The first-order valence-electron chi connectivity index (χ1n) is 9.93. The first-order valence-corrected chi connectivity index (χ1v) is 11.8. The number of amides is 1. The van der Waals surface area contributed by atoms with E-state index in [4.69, 9.17) is 4.74 Å². The van der Waals surface area contributed by atoms with Gasteiger partial charge in [0.25, 0.3) is 0 Å². The van der Waals surface area contributed by atoms with Crippen LogP contribution in [0.5, 0.6) is 5.75 Å². The molecule has 2 aromatic carbocycles. The number of hydrogen-bond donors (Lipinski definition) is 1. The number of hydrogen-bond acceptors (Lipinski definition) is 4. The number of carbonyl (C=O) groups excluding carboxylic acids is 1. The van der Waals surface area contributed by atoms with Gasteiger partial charge >= 0.3 is 0 Å². The zero-order chi connectivity index (χ0) is 22.5. The van der Waals surface area contributed by atoms with Gasteiger partial charge in [-0.1, -0.05) is 39.0 Å². The molecule has 0 radical (unpaired) electrons. The second-order valence-corrected chi connectivity index (χ2v) is 10.4. The van der Waals surface area contributed by atoms with E-state index in [2.05, 4.69) is 26.1 Å². The summed E-state index contributed by atoms with van der Waals surface area (Å²) >= 11 is 0. The molecule has 1 N–H and O–H groups in total. The Morgan fingerprint density at radius 2 is 1.67 bits per heavy atom. The molecule has 30 heavy (non-hydrogen) atoms. The predicted molar refractivity (Wildman–Crippen MR) is 122 cm³/mol. The quantitative estimate of drug-likeness (QED) is 0.647. The highest BCUT2D eigenvalue weighted by Crippen LogP contribution is 2.25. The van der Waals surface area contributed by atoms with Crippen molar-refractivity contribution in [1.82, 2.24) is 5.32 Å². The van der Waals surface area contributed by atoms with E-state index < -0.39 is 10.0 Å². The van der Waals surface area contributed by atoms with Gasteiger partial charge in [0.2, 0.25) is 15.9 Å². The highest BCUT2D eigenvalue weighted by Gasteiger charge is 2.21. The Bertz CT molecular complexity index is 977. The monoisotopic (exact) mass is 432 g/mol. The minimum Gasteiger partial charge on any atom is -0.492 e. The molecule has 0 spiro atoms. The zero-order valence-corrected chi connectivity index (χ0v) is 19.5. The molecule has 7 heteroatoms. The van der Waals surface area contributed by atoms with Gasteiger partial charge in [0, 0.05) is 0 Å². The summed E-state index contributed by atoms with van der Waals surface area (Å²) in [6.45, 7) is 10.6. The van der Waals surface area contributed by atoms with Crippen molar-refractivity contribution in [2.75, 3.05) is 30.3 Å². The molecular formula is C23H32N2O4S. The van der Waals surface area contributed by atoms with Crippen LogP contribution in [0.25, 0.3) is 0 Å². The van der Waals surface area contributed by atoms with Gasteiger partial charge in [-0.05, 0) is 60.2 Å². The highest BCUT2D eigenvalue weighted by atomic mass is 32.2. The molecule has 0 saturated carbocycles. The summed E-state index contributed by atoms with van der Waals surface area (Å²) in [5, 5.41) is 2.72. The lowest BCUT2D eigenvalue weighted by Gasteiger charge is -2.24. The van der Waals surface area contributed by atoms with Crippen LogP contribution in [0.1, 0.15) is 37.5 Å². The second-order valence-electron chi connectivity index (χ2n) is 8.51. The van der Waals surface area contributed by atoms with E-state index in [0.717, 1.165) is 27.4 Å². The molecule has 0 heterocycles. The van der Waals surface area contributed by atoms with E-state index in [9.17, 15) is 13.2 Å². The van der Waals surface area contributed by atoms with Crippen LogP contribution in [0.3, 0.4) is 0 Å². The molecule has 0 bridgehead atoms. The summed E-state index contributed by atoms with van der Waals surface area (Å²) in [4.78, 5) is 12.3. The third-order valence-corrected chi connectivity index (χ3v) is 6.02. The van der Waals surface area contributed by atoms with Gasteiger partial charge in [-0.2, -0.15) is 0 Å². The SMILES string of the molecule is Cc1ccc(OCCNC(=O)CN(c2ccc(C(C)(C)C)cc2)S(C)(=O)=O)cc1C. The number of nitrogens with one attached hydrogen (secondary N) is 1. The fraction of sp³-hybridized carbons (Fsp3) is 0.435. The van der Waals surface area contributed by atoms with Crippen molar-refractivity contribution < 1.29 is 17.9 Å². The Labute approximate surface area is 180 Å². The number of carbonyl (C=O) groups is 1. The summed E-state index contributed by atoms with van der Waals surface area (Å²) < 4.78 is 31.2. The van der Waals surface area contributed by atoms with Gasteiger partial charge < -0.3 is 10.1 Å². The number of nitrogens with zero attached hydrogens (tertiary/aromatic N) is 1. The number of rotatable bonds is 8. The molecule has 2 aromatic rings. The second kappa shape index (κ2) is 9.51. The number of benzene rings is 2. The van der Waals surface area contributed by atoms with Crippen LogP contribution in [0.4, 0.5) is 5.69 Å². The lowest BCUT2D eigenvalue weighted by atomic mass is 9.87. The molecule has 164 valence electrons. The van der Waals surface area contributed by atoms with Crippen LogP contribution in [0, 0.1) is 13.8 Å². The van der Waals surface area contributed by atoms with Crippen molar-refractivity contribution in [1.29, 1.82) is 0 Å². The minimum atomic E-state index is -3.60. The Morgan fingerprint density at radius 3 is 2.20 bits per heavy atom. The average molecular weight is 433 g/mol. The van der Waals surface area contributed by atoms with Crippen LogP contribution < -0.4 is 14.4 Å². The minimum absolute atomic E-state index is 0.0399. The van der Waals surface area contributed by atoms with E-state index in [1.165, 1.54) is 5.56 Å². The number of aryl methyl sites for hydroxylation is 2. The van der Waals surface area contributed by atoms with Gasteiger partial charge in [0.1, 0.15) is 18.9 Å². The topological polar surface area (TPSA) is 75.7 Å². The maximum Gasteiger partial charge on any atom is 0.240 e. The van der Waals surface area contributed by atoms with Crippen LogP contribution in [-0.2, 0) is 20.2 Å². The van der Waals surface area contributed by atoms with Crippen molar-refractivity contribution in [2.45, 2.75) is 40.0 Å². The van der Waals surface area contributed by atoms with Gasteiger partial charge in [-0.15, -0.1) is 0 Å². The summed E-state index contributed by atoms with van der Waals surface area (Å²) in [7, 11) is -3.60. The highest BCUT2D eigenvalue weighted by molar-refractivity contribution is 7.92. The first kappa shape index (κ1) is 23.7. The number of sulfonamides is 1. The van der Waals surface area contributed by atoms with E-state index in [-0.39, 0.29) is 24.4 Å². The molecular weight excluding hydrogens is 400 g/mol. The Morgan fingerprint density at radius 1 is 1.03 bits per heavy atom. The summed E-state index contributed by atoms with van der Waals surface area (Å²) in [5.74, 6) is 0.355. The first-order chi connectivity index (χ1) is 13.9. The summed E-state index contributed by atoms with van der Waals surface area (Å²) in [6, 6.07) is 13.1. The van der Waals surface area contributed by atoms with E-state index in [1.54, 1.807) is 12.1 Å². The van der Waals surface area contributed by atoms with Crippen molar-refractivity contribution in [3.05, 3.63) is 59.2 Å². The molecule has 0 atom stereocenters. The lowest BCUT2D eigenvalue weighted by Crippen LogP contribution is -2.41. The molecule has 0 unspecified atom stereocenters. The van der Waals surface area contributed by atoms with Crippen molar-refractivity contribution >= 4 is 21.6 Å². The van der Waals surface area contributed by atoms with E-state index in [0.29, 0.717) is 12.3 Å². The van der Waals surface area contributed by atoms with Crippen LogP contribution in [-0.4, -0.2) is 40.3 Å². The Hall–Kier alpha value is -2.54. The molecule has 6 nitrogen and oxygen atoms in total. The fourth-order valence-corrected chi connectivity index (χ4v) is 3.73. The van der Waals surface area contributed by atoms with Crippen molar-refractivity contribution in [3.8, 4) is 5.75 Å². The molecule has 0 saturated heterocycles. The molecule has 0 fully saturated rings. The maximum absolute atomic E-state index is 12.3. The largest absolute Gasteiger partial charge is 0.492 e. The van der Waals surface area contributed by atoms with Crippen LogP contribution >= 0.6 is 0 Å². The Kier molecular flexibility index (Phi) is 7.53. The fourth-order valence-electron chi connectivity index (χ4n) is 2.88. The molecule has 0 aliphatic rings. The normalized spacial score (nSPS) is 11.8. The van der Waals surface area contributed by atoms with Gasteiger partial charge in [0.15, 0.2) is 0 Å². The smallest absolute Gasteiger partial charge is 0.240 e. The van der Waals surface area contributed by atoms with E-state index in [1.807, 2.05) is 44.2 Å². The number of ether oxygens (including phenoxy) is 1. The van der Waals surface area contributed by atoms with Gasteiger partial charge in [-0.3, -0.25) is 9.10 Å². The maximum atomic E-state index is 12.3. The van der Waals surface area contributed by atoms with Gasteiger partial charge in [0.05, 0.1) is 18.5 Å². The Balaban J connectivity index is 1.94. The van der Waals surface area contributed by atoms with E-state index >= 15 is 0 Å². The van der Waals surface area contributed by atoms with Crippen LogP contribution in [0.2, 0.25) is 0 Å². The zero-order valence-electron chi connectivity index (χ0n) is 18.7. The summed E-state index contributed by atoms with van der Waals surface area (Å²) in [6.07, 6.45) is 1.10. The van der Waals surface area contributed by atoms with Crippen LogP contribution in [0.15, 0.2) is 42.5 Å². The van der Waals surface area contributed by atoms with Crippen molar-refractivity contribution in [3.63, 3.8) is 0 Å². The standard InChI is InChI=1S/C23H32N2O4S/c1-17-7-12-21(15-18(17)2)29-14-13-24-22(26)16-25(30(6,27)28)20-10-8-19(9-11-20)23(3,4)5/h7-12,15H,13-14,16H2,1-6H3,(H,24,26). The third kappa shape index (κ3) is 6.76. The average Bonchev–Trinajstić information content (AvgIpc) is 2.64. The molecule has 0 aliphatic heterocycles. The molecule has 2 rings (SSSR count). The molecule has 1 amide bonds. The third-order valence-electron chi connectivity index (χ3n) is 4.88. The van der Waals surface area contributed by atoms with Crippen molar-refractivity contribution in [2.24, 2.45) is 0 Å². The van der Waals surface area contributed by atoms with Gasteiger partial charge in [-0.25, -0.2) is 8.42 Å². The number of anilines is 1. The summed E-state index contributed by atoms with van der Waals surface area (Å²) in [5.41, 5.74) is 3.84. The predicted octanol–water partition coefficient (Wildman–Crippen LogP) is 3.56. The molecule has 0 aromatic heterocycles.